The van der Waals surface area contributed by atoms with Crippen molar-refractivity contribution in [2.45, 2.75) is 91.9 Å². The predicted octanol–water partition coefficient (Wildman–Crippen LogP) is 8.49. The van der Waals surface area contributed by atoms with Crippen molar-refractivity contribution in [1.29, 1.82) is 0 Å². The van der Waals surface area contributed by atoms with Crippen LogP contribution in [-0.4, -0.2) is 5.92 Å². The van der Waals surface area contributed by atoms with E-state index in [0.29, 0.717) is 17.8 Å². The summed E-state index contributed by atoms with van der Waals surface area (Å²) in [5.41, 5.74) is 1.42. The lowest BCUT2D eigenvalue weighted by Gasteiger charge is -2.45. The fourth-order valence-electron chi connectivity index (χ4n) is 4.33. The van der Waals surface area contributed by atoms with Gasteiger partial charge in [0.15, 0.2) is 0 Å². The second-order valence-electron chi connectivity index (χ2n) is 9.38. The second-order valence-corrected chi connectivity index (χ2v) is 9.38. The molecule has 0 nitrogen and oxygen atoms in total. The molecule has 28 heavy (non-hydrogen) atoms. The summed E-state index contributed by atoms with van der Waals surface area (Å²) in [5, 5.41) is 0. The number of halogens is 2. The van der Waals surface area contributed by atoms with Gasteiger partial charge in [-0.05, 0) is 60.1 Å². The van der Waals surface area contributed by atoms with E-state index in [1.807, 2.05) is 12.1 Å². The lowest BCUT2D eigenvalue weighted by molar-refractivity contribution is -0.0196. The summed E-state index contributed by atoms with van der Waals surface area (Å²) < 4.78 is 27.4. The third-order valence-electron chi connectivity index (χ3n) is 6.98. The summed E-state index contributed by atoms with van der Waals surface area (Å²) in [6, 6.07) is 11.9. The first-order valence-corrected chi connectivity index (χ1v) is 10.9. The standard InChI is InChI=1S/C17H30F2.C9H10/c1-6-17(18,19)12-15-10-8-7-9-11-16(5,13(2)3)14(15)4;1-8(2)9-6-4-3-5-7-9/h6,13-15H,1,7-12H2,2-5H3;3-4,6,8H,1-2H3. The SMILES string of the molecule is C=CC(F)(F)CC1CCCCCC(C)(C(C)C)C1C.CC(C)c1c#cccc1. The molecule has 0 saturated heterocycles. The van der Waals surface area contributed by atoms with Gasteiger partial charge < -0.3 is 0 Å². The maximum atomic E-state index is 13.7. The van der Waals surface area contributed by atoms with Crippen LogP contribution in [0.4, 0.5) is 8.78 Å². The van der Waals surface area contributed by atoms with Crippen LogP contribution in [0.5, 0.6) is 0 Å². The maximum absolute atomic E-state index is 13.7. The van der Waals surface area contributed by atoms with Gasteiger partial charge in [0.25, 0.3) is 5.92 Å². The Bertz CT molecular complexity index is 561. The number of alkyl halides is 2. The van der Waals surface area contributed by atoms with Crippen molar-refractivity contribution < 1.29 is 8.78 Å². The first-order chi connectivity index (χ1) is 13.0. The van der Waals surface area contributed by atoms with Gasteiger partial charge in [0.05, 0.1) is 0 Å². The fraction of sp³-hybridized carbons (Fsp3) is 0.692. The molecule has 1 aliphatic rings. The largest absolute Gasteiger partial charge is 0.266 e. The van der Waals surface area contributed by atoms with Gasteiger partial charge in [0, 0.05) is 12.0 Å². The monoisotopic (exact) mass is 390 g/mol. The molecule has 0 heterocycles. The lowest BCUT2D eigenvalue weighted by atomic mass is 9.60. The minimum Gasteiger partial charge on any atom is -0.202 e. The van der Waals surface area contributed by atoms with Crippen LogP contribution in [0, 0.1) is 35.3 Å². The van der Waals surface area contributed by atoms with Gasteiger partial charge in [0.2, 0.25) is 0 Å². The molecule has 1 fully saturated rings. The van der Waals surface area contributed by atoms with E-state index in [-0.39, 0.29) is 17.8 Å². The first kappa shape index (κ1) is 24.7. The molecule has 3 atom stereocenters. The molecule has 1 aliphatic carbocycles. The van der Waals surface area contributed by atoms with Crippen LogP contribution < -0.4 is 0 Å². The predicted molar refractivity (Wildman–Crippen MR) is 117 cm³/mol. The van der Waals surface area contributed by atoms with Gasteiger partial charge in [-0.3, -0.25) is 0 Å². The number of hydrogen-bond acceptors (Lipinski definition) is 0. The Morgan fingerprint density at radius 3 is 2.39 bits per heavy atom. The van der Waals surface area contributed by atoms with Gasteiger partial charge in [-0.15, -0.1) is 0 Å². The summed E-state index contributed by atoms with van der Waals surface area (Å²) in [6.07, 6.45) is 6.42. The van der Waals surface area contributed by atoms with Crippen molar-refractivity contribution in [3.8, 4) is 0 Å². The van der Waals surface area contributed by atoms with Crippen molar-refractivity contribution in [2.24, 2.45) is 23.2 Å². The highest BCUT2D eigenvalue weighted by molar-refractivity contribution is 5.11. The summed E-state index contributed by atoms with van der Waals surface area (Å²) in [5.74, 6) is -1.14. The molecule has 1 aromatic rings. The summed E-state index contributed by atoms with van der Waals surface area (Å²) in [7, 11) is 0. The van der Waals surface area contributed by atoms with Crippen LogP contribution in [-0.2, 0) is 0 Å². The van der Waals surface area contributed by atoms with E-state index in [0.717, 1.165) is 18.9 Å². The Labute approximate surface area is 172 Å². The van der Waals surface area contributed by atoms with Crippen LogP contribution in [0.2, 0.25) is 0 Å². The molecule has 0 N–H and O–H groups in total. The summed E-state index contributed by atoms with van der Waals surface area (Å²) in [6.45, 7) is 16.6. The third kappa shape index (κ3) is 7.23. The van der Waals surface area contributed by atoms with Crippen molar-refractivity contribution in [3.05, 3.63) is 48.6 Å². The minimum atomic E-state index is -2.71. The summed E-state index contributed by atoms with van der Waals surface area (Å²) >= 11 is 0. The maximum Gasteiger partial charge on any atom is 0.266 e. The van der Waals surface area contributed by atoms with Crippen molar-refractivity contribution >= 4 is 0 Å². The van der Waals surface area contributed by atoms with Crippen molar-refractivity contribution in [1.82, 2.24) is 0 Å². The smallest absolute Gasteiger partial charge is 0.202 e. The van der Waals surface area contributed by atoms with Crippen LogP contribution >= 0.6 is 0 Å². The number of allylic oxidation sites excluding steroid dienone is 1. The highest BCUT2D eigenvalue weighted by atomic mass is 19.3. The van der Waals surface area contributed by atoms with E-state index < -0.39 is 5.92 Å². The third-order valence-corrected chi connectivity index (χ3v) is 6.98. The van der Waals surface area contributed by atoms with Crippen LogP contribution in [0.1, 0.15) is 91.5 Å². The molecule has 3 unspecified atom stereocenters. The first-order valence-electron chi connectivity index (χ1n) is 10.9. The molecule has 1 aromatic carbocycles. The molecule has 0 aliphatic heterocycles. The zero-order valence-electron chi connectivity index (χ0n) is 18.8. The van der Waals surface area contributed by atoms with Gasteiger partial charge in [0.1, 0.15) is 0 Å². The van der Waals surface area contributed by atoms with E-state index in [1.165, 1.54) is 24.8 Å². The van der Waals surface area contributed by atoms with Gasteiger partial charge >= 0.3 is 0 Å². The average Bonchev–Trinajstić information content (AvgIpc) is 2.66. The highest BCUT2D eigenvalue weighted by Gasteiger charge is 2.42. The average molecular weight is 391 g/mol. The molecule has 0 amide bonds. The Kier molecular flexibility index (Phi) is 9.68. The van der Waals surface area contributed by atoms with Crippen LogP contribution in [0.3, 0.4) is 0 Å². The molecule has 158 valence electrons. The second kappa shape index (κ2) is 11.0. The van der Waals surface area contributed by atoms with Crippen LogP contribution in [0.25, 0.3) is 0 Å². The molecular formula is C26H40F2. The molecule has 0 radical (unpaired) electrons. The van der Waals surface area contributed by atoms with Gasteiger partial charge in [-0.25, -0.2) is 8.78 Å². The number of hydrogen-bond donors (Lipinski definition) is 0. The quantitative estimate of drug-likeness (QED) is 0.442. The Morgan fingerprint density at radius 1 is 1.25 bits per heavy atom. The normalized spacial score (nSPS) is 25.9. The van der Waals surface area contributed by atoms with Crippen molar-refractivity contribution in [3.63, 3.8) is 0 Å². The molecule has 2 heteroatoms. The highest BCUT2D eigenvalue weighted by Crippen LogP contribution is 2.48. The summed E-state index contributed by atoms with van der Waals surface area (Å²) in [4.78, 5) is 0. The zero-order chi connectivity index (χ0) is 21.4. The lowest BCUT2D eigenvalue weighted by Crippen LogP contribution is -2.38. The Morgan fingerprint density at radius 2 is 1.93 bits per heavy atom. The Balaban J connectivity index is 0.000000362. The van der Waals surface area contributed by atoms with E-state index in [4.69, 9.17) is 0 Å². The topological polar surface area (TPSA) is 0 Å². The molecular weight excluding hydrogens is 350 g/mol. The molecule has 0 aromatic heterocycles. The van der Waals surface area contributed by atoms with E-state index in [1.54, 1.807) is 0 Å². The molecule has 0 bridgehead atoms. The van der Waals surface area contributed by atoms with E-state index >= 15 is 0 Å². The molecule has 2 rings (SSSR count). The van der Waals surface area contributed by atoms with Gasteiger partial charge in [-0.1, -0.05) is 85.6 Å². The van der Waals surface area contributed by atoms with Crippen molar-refractivity contribution in [2.75, 3.05) is 0 Å². The van der Waals surface area contributed by atoms with E-state index in [9.17, 15) is 8.78 Å². The fourth-order valence-corrected chi connectivity index (χ4v) is 4.33. The Hall–Kier alpha value is -1.36. The zero-order valence-corrected chi connectivity index (χ0v) is 18.8. The number of rotatable bonds is 5. The molecule has 0 spiro atoms. The molecule has 1 saturated carbocycles. The van der Waals surface area contributed by atoms with E-state index in [2.05, 4.69) is 66.3 Å². The van der Waals surface area contributed by atoms with Gasteiger partial charge in [-0.2, -0.15) is 0 Å². The van der Waals surface area contributed by atoms with Crippen LogP contribution in [0.15, 0.2) is 30.9 Å². The minimum absolute atomic E-state index is 0.0278.